The molecule has 0 atom stereocenters. The van der Waals surface area contributed by atoms with Gasteiger partial charge in [0.15, 0.2) is 6.61 Å². The van der Waals surface area contributed by atoms with Gasteiger partial charge in [0.05, 0.1) is 5.56 Å². The molecule has 0 bridgehead atoms. The number of ether oxygens (including phenoxy) is 1. The van der Waals surface area contributed by atoms with Crippen LogP contribution in [0.25, 0.3) is 0 Å². The zero-order valence-electron chi connectivity index (χ0n) is 15.3. The van der Waals surface area contributed by atoms with Gasteiger partial charge in [-0.25, -0.2) is 4.79 Å². The molecule has 0 spiro atoms. The Morgan fingerprint density at radius 3 is 2.39 bits per heavy atom. The number of carbonyl (C=O) groups excluding carboxylic acids is 1. The van der Waals surface area contributed by atoms with Crippen LogP contribution in [0, 0.1) is 0 Å². The number of nitrogens with two attached hydrogens (primary N) is 1. The van der Waals surface area contributed by atoms with Crippen LogP contribution in [0.15, 0.2) is 42.5 Å². The van der Waals surface area contributed by atoms with Gasteiger partial charge in [-0.05, 0) is 35.9 Å². The summed E-state index contributed by atoms with van der Waals surface area (Å²) in [5.74, 6) is -0.952. The molecule has 28 heavy (non-hydrogen) atoms. The molecule has 8 heteroatoms. The molecule has 2 aromatic rings. The van der Waals surface area contributed by atoms with Gasteiger partial charge in [-0.3, -0.25) is 9.69 Å². The molecular weight excluding hydrogens is 382 g/mol. The lowest BCUT2D eigenvalue weighted by Gasteiger charge is -2.34. The van der Waals surface area contributed by atoms with Crippen molar-refractivity contribution >= 4 is 29.2 Å². The average molecular weight is 404 g/mol. The number of hydrogen-bond acceptors (Lipinski definition) is 5. The van der Waals surface area contributed by atoms with E-state index in [1.165, 1.54) is 17.7 Å². The molecule has 0 aliphatic carbocycles. The largest absolute Gasteiger partial charge is 0.484 e. The molecule has 1 amide bonds. The van der Waals surface area contributed by atoms with Gasteiger partial charge in [-0.15, -0.1) is 0 Å². The minimum atomic E-state index is -1.13. The Balaban J connectivity index is 1.47. The van der Waals surface area contributed by atoms with E-state index in [1.807, 2.05) is 24.3 Å². The van der Waals surface area contributed by atoms with E-state index < -0.39 is 5.97 Å². The van der Waals surface area contributed by atoms with E-state index >= 15 is 0 Å². The summed E-state index contributed by atoms with van der Waals surface area (Å²) in [6.07, 6.45) is 0. The lowest BCUT2D eigenvalue weighted by molar-refractivity contribution is -0.135. The van der Waals surface area contributed by atoms with Crippen LogP contribution in [0.3, 0.4) is 0 Å². The van der Waals surface area contributed by atoms with Crippen molar-refractivity contribution in [1.29, 1.82) is 0 Å². The van der Waals surface area contributed by atoms with Crippen LogP contribution in [-0.4, -0.2) is 59.6 Å². The molecule has 0 radical (unpaired) electrons. The molecule has 3 rings (SSSR count). The number of carboxylic acids is 1. The lowest BCUT2D eigenvalue weighted by Crippen LogP contribution is -2.49. The SMILES string of the molecule is Nc1ccc(OCC(=O)N2CCN(Cc3ccc(Cl)cc3)CC2)cc1C(=O)O. The summed E-state index contributed by atoms with van der Waals surface area (Å²) >= 11 is 5.91. The molecule has 2 aromatic carbocycles. The molecule has 1 fully saturated rings. The summed E-state index contributed by atoms with van der Waals surface area (Å²) in [5.41, 5.74) is 6.92. The first-order chi connectivity index (χ1) is 13.4. The highest BCUT2D eigenvalue weighted by atomic mass is 35.5. The number of rotatable bonds is 6. The predicted octanol–water partition coefficient (Wildman–Crippen LogP) is 2.34. The second-order valence-corrected chi connectivity index (χ2v) is 7.06. The predicted molar refractivity (Wildman–Crippen MR) is 107 cm³/mol. The molecule has 148 valence electrons. The molecule has 1 aliphatic heterocycles. The number of anilines is 1. The summed E-state index contributed by atoms with van der Waals surface area (Å²) in [7, 11) is 0. The Hall–Kier alpha value is -2.77. The third-order valence-electron chi connectivity index (χ3n) is 4.66. The molecule has 0 saturated carbocycles. The van der Waals surface area contributed by atoms with E-state index in [9.17, 15) is 9.59 Å². The fourth-order valence-electron chi connectivity index (χ4n) is 3.05. The van der Waals surface area contributed by atoms with E-state index in [0.29, 0.717) is 18.8 Å². The number of amides is 1. The van der Waals surface area contributed by atoms with Gasteiger partial charge in [0.2, 0.25) is 0 Å². The maximum Gasteiger partial charge on any atom is 0.337 e. The number of nitrogen functional groups attached to an aromatic ring is 1. The fraction of sp³-hybridized carbons (Fsp3) is 0.300. The second kappa shape index (κ2) is 8.95. The molecule has 1 saturated heterocycles. The second-order valence-electron chi connectivity index (χ2n) is 6.63. The minimum absolute atomic E-state index is 0.0410. The van der Waals surface area contributed by atoms with Crippen molar-refractivity contribution < 1.29 is 19.4 Å². The number of carboxylic acid groups (broad SMARTS) is 1. The van der Waals surface area contributed by atoms with E-state index in [-0.39, 0.29) is 23.8 Å². The molecule has 0 aromatic heterocycles. The van der Waals surface area contributed by atoms with E-state index in [4.69, 9.17) is 27.2 Å². The summed E-state index contributed by atoms with van der Waals surface area (Å²) in [6.45, 7) is 3.48. The number of halogens is 1. The van der Waals surface area contributed by atoms with Gasteiger partial charge in [-0.1, -0.05) is 23.7 Å². The van der Waals surface area contributed by atoms with Crippen molar-refractivity contribution in [2.75, 3.05) is 38.5 Å². The minimum Gasteiger partial charge on any atom is -0.484 e. The van der Waals surface area contributed by atoms with Crippen molar-refractivity contribution in [3.8, 4) is 5.75 Å². The van der Waals surface area contributed by atoms with Crippen LogP contribution in [0.1, 0.15) is 15.9 Å². The van der Waals surface area contributed by atoms with Crippen LogP contribution in [0.4, 0.5) is 5.69 Å². The first-order valence-corrected chi connectivity index (χ1v) is 9.30. The van der Waals surface area contributed by atoms with Crippen LogP contribution in [0.5, 0.6) is 5.75 Å². The van der Waals surface area contributed by atoms with Crippen molar-refractivity contribution in [1.82, 2.24) is 9.80 Å². The third-order valence-corrected chi connectivity index (χ3v) is 4.91. The Bertz CT molecular complexity index is 849. The van der Waals surface area contributed by atoms with Gasteiger partial charge < -0.3 is 20.5 Å². The first kappa shape index (κ1) is 20.0. The van der Waals surface area contributed by atoms with E-state index in [2.05, 4.69) is 4.90 Å². The number of piperazine rings is 1. The first-order valence-electron chi connectivity index (χ1n) is 8.92. The molecule has 1 aliphatic rings. The van der Waals surface area contributed by atoms with Gasteiger partial charge in [0.1, 0.15) is 5.75 Å². The monoisotopic (exact) mass is 403 g/mol. The quantitative estimate of drug-likeness (QED) is 0.719. The molecule has 7 nitrogen and oxygen atoms in total. The average Bonchev–Trinajstić information content (AvgIpc) is 2.69. The van der Waals surface area contributed by atoms with Crippen molar-refractivity contribution in [2.24, 2.45) is 0 Å². The Labute approximate surface area is 168 Å². The number of nitrogens with zero attached hydrogens (tertiary/aromatic N) is 2. The van der Waals surface area contributed by atoms with E-state index in [1.54, 1.807) is 11.0 Å². The highest BCUT2D eigenvalue weighted by molar-refractivity contribution is 6.30. The van der Waals surface area contributed by atoms with Gasteiger partial charge in [0, 0.05) is 43.4 Å². The molecular formula is C20H22ClN3O4. The fourth-order valence-corrected chi connectivity index (χ4v) is 3.18. The number of benzene rings is 2. The van der Waals surface area contributed by atoms with Crippen molar-refractivity contribution in [3.63, 3.8) is 0 Å². The van der Waals surface area contributed by atoms with E-state index in [0.717, 1.165) is 24.7 Å². The standard InChI is InChI=1S/C20H22ClN3O4/c21-15-3-1-14(2-4-15)12-23-7-9-24(10-8-23)19(25)13-28-16-5-6-18(22)17(11-16)20(26)27/h1-6,11H,7-10,12-13,22H2,(H,26,27). The summed E-state index contributed by atoms with van der Waals surface area (Å²) in [6, 6.07) is 12.1. The number of hydrogen-bond donors (Lipinski definition) is 2. The summed E-state index contributed by atoms with van der Waals surface area (Å²) < 4.78 is 5.46. The summed E-state index contributed by atoms with van der Waals surface area (Å²) in [5, 5.41) is 9.81. The van der Waals surface area contributed by atoms with Gasteiger partial charge in [0.25, 0.3) is 5.91 Å². The van der Waals surface area contributed by atoms with Crippen LogP contribution < -0.4 is 10.5 Å². The normalized spacial score (nSPS) is 14.7. The maximum absolute atomic E-state index is 12.4. The Morgan fingerprint density at radius 1 is 1.07 bits per heavy atom. The number of aromatic carboxylic acids is 1. The lowest BCUT2D eigenvalue weighted by atomic mass is 10.2. The maximum atomic E-state index is 12.4. The highest BCUT2D eigenvalue weighted by Crippen LogP contribution is 2.20. The molecule has 1 heterocycles. The zero-order chi connectivity index (χ0) is 20.1. The zero-order valence-corrected chi connectivity index (χ0v) is 16.1. The van der Waals surface area contributed by atoms with Gasteiger partial charge in [-0.2, -0.15) is 0 Å². The van der Waals surface area contributed by atoms with Crippen molar-refractivity contribution in [2.45, 2.75) is 6.54 Å². The van der Waals surface area contributed by atoms with Gasteiger partial charge >= 0.3 is 5.97 Å². The van der Waals surface area contributed by atoms with Crippen molar-refractivity contribution in [3.05, 3.63) is 58.6 Å². The highest BCUT2D eigenvalue weighted by Gasteiger charge is 2.21. The topological polar surface area (TPSA) is 96.1 Å². The Kier molecular flexibility index (Phi) is 6.38. The Morgan fingerprint density at radius 2 is 1.75 bits per heavy atom. The number of carbonyl (C=O) groups is 2. The van der Waals surface area contributed by atoms with Crippen LogP contribution >= 0.6 is 11.6 Å². The third kappa shape index (κ3) is 5.15. The molecule has 3 N–H and O–H groups in total. The molecule has 0 unspecified atom stereocenters. The van der Waals surface area contributed by atoms with Crippen LogP contribution in [0.2, 0.25) is 5.02 Å². The summed E-state index contributed by atoms with van der Waals surface area (Å²) in [4.78, 5) is 27.5. The van der Waals surface area contributed by atoms with Crippen LogP contribution in [-0.2, 0) is 11.3 Å². The smallest absolute Gasteiger partial charge is 0.337 e.